The maximum absolute atomic E-state index is 13.4. The highest BCUT2D eigenvalue weighted by Gasteiger charge is 2.55. The Bertz CT molecular complexity index is 735. The van der Waals surface area contributed by atoms with Gasteiger partial charge in [-0.1, -0.05) is 37.8 Å². The van der Waals surface area contributed by atoms with E-state index in [1.165, 1.54) is 0 Å². The summed E-state index contributed by atoms with van der Waals surface area (Å²) in [5.74, 6) is 0. The molecular weight excluding hydrogens is 351 g/mol. The molecule has 2 rings (SSSR count). The van der Waals surface area contributed by atoms with Crippen LogP contribution < -0.4 is 0 Å². The Morgan fingerprint density at radius 3 is 1.88 bits per heavy atom. The average Bonchev–Trinajstić information content (AvgIpc) is 2.66. The lowest BCUT2D eigenvalue weighted by Crippen LogP contribution is -2.49. The zero-order valence-electron chi connectivity index (χ0n) is 16.3. The molecule has 0 aliphatic carbocycles. The zero-order chi connectivity index (χ0) is 19.3. The summed E-state index contributed by atoms with van der Waals surface area (Å²) in [6, 6.07) is 8.57. The van der Waals surface area contributed by atoms with E-state index in [1.807, 2.05) is 53.4 Å². The Labute approximate surface area is 153 Å². The summed E-state index contributed by atoms with van der Waals surface area (Å²) in [7, 11) is -6.47. The lowest BCUT2D eigenvalue weighted by Gasteiger charge is -2.32. The third kappa shape index (κ3) is 3.79. The Hall–Kier alpha value is -0.888. The van der Waals surface area contributed by atoms with E-state index in [1.54, 1.807) is 24.3 Å². The molecule has 1 fully saturated rings. The molecule has 1 aromatic carbocycles. The average molecular weight is 380 g/mol. The number of hydrogen-bond acceptors (Lipinski definition) is 4. The maximum atomic E-state index is 13.4. The molecule has 4 nitrogen and oxygen atoms in total. The van der Waals surface area contributed by atoms with E-state index in [0.717, 1.165) is 0 Å². The summed E-state index contributed by atoms with van der Waals surface area (Å²) in [5, 5.41) is 0. The molecule has 1 aliphatic heterocycles. The highest BCUT2D eigenvalue weighted by molar-refractivity contribution is 7.94. The molecule has 0 radical (unpaired) electrons. The summed E-state index contributed by atoms with van der Waals surface area (Å²) >= 11 is 0. The molecule has 0 aromatic heterocycles. The van der Waals surface area contributed by atoms with E-state index in [2.05, 4.69) is 6.58 Å². The summed E-state index contributed by atoms with van der Waals surface area (Å²) in [6.45, 7) is 18.1. The van der Waals surface area contributed by atoms with Gasteiger partial charge in [0.25, 0.3) is 0 Å². The molecule has 1 atom stereocenters. The van der Waals surface area contributed by atoms with Gasteiger partial charge in [-0.05, 0) is 45.3 Å². The van der Waals surface area contributed by atoms with Crippen LogP contribution in [0.4, 0.5) is 0 Å². The molecule has 138 valence electrons. The predicted octanol–water partition coefficient (Wildman–Crippen LogP) is 3.89. The lowest BCUT2D eigenvalue weighted by atomic mass is 9.80. The first-order valence-corrected chi connectivity index (χ1v) is 13.7. The van der Waals surface area contributed by atoms with Crippen molar-refractivity contribution >= 4 is 25.0 Å². The van der Waals surface area contributed by atoms with Gasteiger partial charge in [0.1, 0.15) is 0 Å². The van der Waals surface area contributed by atoms with Crippen molar-refractivity contribution in [2.45, 2.75) is 68.3 Å². The Kier molecular flexibility index (Phi) is 5.21. The Morgan fingerprint density at radius 2 is 1.48 bits per heavy atom. The predicted molar refractivity (Wildman–Crippen MR) is 106 cm³/mol. The van der Waals surface area contributed by atoms with Crippen LogP contribution in [0, 0.1) is 0 Å². The molecule has 1 aliphatic rings. The van der Waals surface area contributed by atoms with Gasteiger partial charge in [0.05, 0.1) is 29.0 Å². The highest BCUT2D eigenvalue weighted by atomic mass is 32.2. The van der Waals surface area contributed by atoms with Gasteiger partial charge < -0.3 is 9.31 Å². The second kappa shape index (κ2) is 6.37. The maximum Gasteiger partial charge on any atom is 0.490 e. The monoisotopic (exact) mass is 380 g/mol. The largest absolute Gasteiger partial charge is 0.490 e. The van der Waals surface area contributed by atoms with Crippen LogP contribution in [-0.2, 0) is 19.1 Å². The first kappa shape index (κ1) is 20.4. The van der Waals surface area contributed by atoms with Crippen molar-refractivity contribution in [3.63, 3.8) is 0 Å². The minimum atomic E-state index is -3.57. The Morgan fingerprint density at radius 1 is 1.04 bits per heavy atom. The van der Waals surface area contributed by atoms with Gasteiger partial charge >= 0.3 is 7.12 Å². The smallest absolute Gasteiger partial charge is 0.400 e. The first-order valence-electron chi connectivity index (χ1n) is 8.53. The van der Waals surface area contributed by atoms with Crippen LogP contribution in [0.3, 0.4) is 0 Å². The van der Waals surface area contributed by atoms with Crippen LogP contribution in [0.2, 0.25) is 19.6 Å². The fourth-order valence-electron chi connectivity index (χ4n) is 3.09. The number of rotatable bonds is 5. The summed E-state index contributed by atoms with van der Waals surface area (Å²) in [4.78, 5) is -0.364. The van der Waals surface area contributed by atoms with Gasteiger partial charge in [-0.3, -0.25) is 0 Å². The minimum Gasteiger partial charge on any atom is -0.400 e. The van der Waals surface area contributed by atoms with Crippen molar-refractivity contribution in [1.29, 1.82) is 0 Å². The van der Waals surface area contributed by atoms with Crippen LogP contribution in [0.25, 0.3) is 0 Å². The van der Waals surface area contributed by atoms with Crippen molar-refractivity contribution in [3.8, 4) is 0 Å². The summed E-state index contributed by atoms with van der Waals surface area (Å²) < 4.78 is 38.9. The fraction of sp³-hybridized carbons (Fsp3) is 0.556. The van der Waals surface area contributed by atoms with Gasteiger partial charge in [0.15, 0.2) is 9.84 Å². The number of sulfone groups is 1. The number of benzene rings is 1. The second-order valence-corrected chi connectivity index (χ2v) is 16.5. The van der Waals surface area contributed by atoms with Gasteiger partial charge in [0.2, 0.25) is 0 Å². The van der Waals surface area contributed by atoms with Gasteiger partial charge in [-0.15, -0.1) is 6.58 Å². The van der Waals surface area contributed by atoms with E-state index in [0.29, 0.717) is 10.4 Å². The minimum absolute atomic E-state index is 0.320. The van der Waals surface area contributed by atoms with Gasteiger partial charge in [-0.25, -0.2) is 8.42 Å². The SMILES string of the molecule is C=C(B1OC(C)(C)C(C)(C)O1)C([Si](C)(C)C)S(=O)(=O)c1ccccc1. The van der Waals surface area contributed by atoms with E-state index >= 15 is 0 Å². The second-order valence-electron chi connectivity index (χ2n) is 8.77. The van der Waals surface area contributed by atoms with E-state index in [9.17, 15) is 8.42 Å². The van der Waals surface area contributed by atoms with Crippen LogP contribution >= 0.6 is 0 Å². The van der Waals surface area contributed by atoms with Crippen molar-refractivity contribution in [1.82, 2.24) is 0 Å². The molecule has 1 unspecified atom stereocenters. The lowest BCUT2D eigenvalue weighted by molar-refractivity contribution is 0.00578. The molecule has 1 heterocycles. The van der Waals surface area contributed by atoms with Gasteiger partial charge in [-0.2, -0.15) is 0 Å². The normalized spacial score (nSPS) is 21.2. The van der Waals surface area contributed by atoms with Crippen molar-refractivity contribution in [2.24, 2.45) is 0 Å². The molecule has 0 amide bonds. The molecule has 1 saturated heterocycles. The van der Waals surface area contributed by atoms with Crippen LogP contribution in [0.1, 0.15) is 27.7 Å². The summed E-state index contributed by atoms with van der Waals surface area (Å²) in [5.41, 5.74) is -0.552. The molecule has 25 heavy (non-hydrogen) atoms. The molecule has 0 saturated carbocycles. The van der Waals surface area contributed by atoms with E-state index < -0.39 is 41.1 Å². The van der Waals surface area contributed by atoms with Crippen LogP contribution in [-0.4, -0.2) is 39.7 Å². The molecular formula is C18H29BO4SSi. The van der Waals surface area contributed by atoms with Crippen molar-refractivity contribution < 1.29 is 17.7 Å². The molecule has 0 spiro atoms. The van der Waals surface area contributed by atoms with E-state index in [-0.39, 0.29) is 0 Å². The topological polar surface area (TPSA) is 52.6 Å². The highest BCUT2D eigenvalue weighted by Crippen LogP contribution is 2.41. The zero-order valence-corrected chi connectivity index (χ0v) is 18.1. The molecule has 0 N–H and O–H groups in total. The quantitative estimate of drug-likeness (QED) is 0.727. The van der Waals surface area contributed by atoms with E-state index in [4.69, 9.17) is 9.31 Å². The first-order chi connectivity index (χ1) is 11.2. The standard InChI is InChI=1S/C18H29BO4SSi/c1-14(19-22-17(2,3)18(4,5)23-19)16(25(6,7)8)24(20,21)15-12-10-9-11-13-15/h9-13,16H,1H2,2-8H3. The third-order valence-electron chi connectivity index (χ3n) is 5.06. The fourth-order valence-corrected chi connectivity index (χ4v) is 9.78. The molecule has 1 aromatic rings. The van der Waals surface area contributed by atoms with Crippen LogP contribution in [0.15, 0.2) is 47.3 Å². The van der Waals surface area contributed by atoms with Crippen molar-refractivity contribution in [2.75, 3.05) is 0 Å². The number of hydrogen-bond donors (Lipinski definition) is 0. The van der Waals surface area contributed by atoms with Crippen molar-refractivity contribution in [3.05, 3.63) is 42.4 Å². The van der Waals surface area contributed by atoms with Crippen LogP contribution in [0.5, 0.6) is 0 Å². The van der Waals surface area contributed by atoms with Gasteiger partial charge in [0, 0.05) is 0 Å². The molecule has 7 heteroatoms. The molecule has 0 bridgehead atoms. The third-order valence-corrected chi connectivity index (χ3v) is 11.9. The summed E-state index contributed by atoms with van der Waals surface area (Å²) in [6.07, 6.45) is 0. The Balaban J connectivity index is 2.46.